The number of primary amides is 1. The molecule has 0 bridgehead atoms. The number of nitrogens with two attached hydrogens (primary N) is 1. The molecule has 0 radical (unpaired) electrons. The molecule has 9 heteroatoms. The summed E-state index contributed by atoms with van der Waals surface area (Å²) in [5, 5.41) is 30.9. The summed E-state index contributed by atoms with van der Waals surface area (Å²) in [5.74, 6) is -6.52. The van der Waals surface area contributed by atoms with Gasteiger partial charge >= 0.3 is 0 Å². The quantitative estimate of drug-likeness (QED) is 0.493. The van der Waals surface area contributed by atoms with Crippen LogP contribution < -0.4 is 5.73 Å². The molecule has 0 saturated heterocycles. The number of aromatic hydroxyl groups is 1. The number of carbonyl (C=O) groups is 4. The van der Waals surface area contributed by atoms with Crippen LogP contribution in [0.2, 0.25) is 0 Å². The minimum absolute atomic E-state index is 0.0367. The number of amides is 1. The van der Waals surface area contributed by atoms with Gasteiger partial charge in [-0.1, -0.05) is 6.07 Å². The van der Waals surface area contributed by atoms with Gasteiger partial charge in [0.25, 0.3) is 0 Å². The van der Waals surface area contributed by atoms with Gasteiger partial charge < -0.3 is 25.5 Å². The summed E-state index contributed by atoms with van der Waals surface area (Å²) in [7, 11) is 0. The zero-order chi connectivity index (χ0) is 23.2. The van der Waals surface area contributed by atoms with Gasteiger partial charge in [0.2, 0.25) is 5.91 Å². The van der Waals surface area contributed by atoms with Gasteiger partial charge in [0, 0.05) is 24.3 Å². The van der Waals surface area contributed by atoms with E-state index >= 15 is 0 Å². The molecule has 1 heterocycles. The molecule has 32 heavy (non-hydrogen) atoms. The molecular formula is C23H23NO8. The maximum atomic E-state index is 12.9. The van der Waals surface area contributed by atoms with E-state index in [-0.39, 0.29) is 42.3 Å². The smallest absolute Gasteiger partial charge is 0.235 e. The predicted molar refractivity (Wildman–Crippen MR) is 109 cm³/mol. The van der Waals surface area contributed by atoms with Crippen LogP contribution in [0.15, 0.2) is 35.1 Å². The molecule has 0 aliphatic heterocycles. The summed E-state index contributed by atoms with van der Waals surface area (Å²) < 4.78 is 5.14. The minimum atomic E-state index is -2.30. The van der Waals surface area contributed by atoms with Crippen molar-refractivity contribution >= 4 is 23.3 Å². The SMILES string of the molecule is NC(=O)C1C(=O)C[C@H](C[C@H]2CC(=O)c3c(O)ccc(-c4ccoc4)c3C2)[C@](O)(CO)C1=O. The number of phenolic OH excluding ortho intramolecular Hbond substituents is 1. The number of Topliss-reactive ketones (excluding diaryl/α,β-unsaturated/α-hetero) is 3. The third kappa shape index (κ3) is 3.43. The van der Waals surface area contributed by atoms with Gasteiger partial charge in [-0.25, -0.2) is 0 Å². The highest BCUT2D eigenvalue weighted by Crippen LogP contribution is 2.43. The van der Waals surface area contributed by atoms with Crippen molar-refractivity contribution < 1.29 is 38.9 Å². The lowest BCUT2D eigenvalue weighted by atomic mass is 9.64. The van der Waals surface area contributed by atoms with Crippen LogP contribution in [-0.4, -0.2) is 50.8 Å². The van der Waals surface area contributed by atoms with Gasteiger partial charge in [0.1, 0.15) is 11.4 Å². The van der Waals surface area contributed by atoms with E-state index in [1.165, 1.54) is 18.6 Å². The molecule has 4 atom stereocenters. The number of fused-ring (bicyclic) bond motifs is 1. The van der Waals surface area contributed by atoms with Crippen LogP contribution in [0.25, 0.3) is 11.1 Å². The van der Waals surface area contributed by atoms with Crippen LogP contribution in [0.1, 0.15) is 35.2 Å². The number of hydrogen-bond acceptors (Lipinski definition) is 8. The number of aliphatic hydroxyl groups excluding tert-OH is 1. The molecule has 2 aliphatic rings. The Morgan fingerprint density at radius 2 is 1.91 bits per heavy atom. The minimum Gasteiger partial charge on any atom is -0.507 e. The van der Waals surface area contributed by atoms with Gasteiger partial charge in [-0.2, -0.15) is 0 Å². The lowest BCUT2D eigenvalue weighted by Crippen LogP contribution is -2.60. The van der Waals surface area contributed by atoms with Crippen molar-refractivity contribution in [3.63, 3.8) is 0 Å². The Balaban J connectivity index is 1.66. The third-order valence-corrected chi connectivity index (χ3v) is 6.65. The van der Waals surface area contributed by atoms with E-state index in [4.69, 9.17) is 10.2 Å². The molecule has 1 amide bonds. The van der Waals surface area contributed by atoms with E-state index in [1.54, 1.807) is 12.1 Å². The third-order valence-electron chi connectivity index (χ3n) is 6.65. The average Bonchev–Trinajstić information content (AvgIpc) is 3.26. The molecule has 0 spiro atoms. The van der Waals surface area contributed by atoms with E-state index in [0.29, 0.717) is 17.5 Å². The Labute approximate surface area is 182 Å². The number of ketones is 3. The van der Waals surface area contributed by atoms with Crippen molar-refractivity contribution in [3.8, 4) is 16.9 Å². The highest BCUT2D eigenvalue weighted by atomic mass is 16.3. The largest absolute Gasteiger partial charge is 0.507 e. The summed E-state index contributed by atoms with van der Waals surface area (Å²) in [5.41, 5.74) is 5.13. The lowest BCUT2D eigenvalue weighted by Gasteiger charge is -2.41. The Bertz CT molecular complexity index is 1110. The van der Waals surface area contributed by atoms with Gasteiger partial charge in [-0.3, -0.25) is 19.2 Å². The molecule has 2 aliphatic carbocycles. The second-order valence-corrected chi connectivity index (χ2v) is 8.58. The van der Waals surface area contributed by atoms with Crippen molar-refractivity contribution in [2.24, 2.45) is 23.5 Å². The highest BCUT2D eigenvalue weighted by Gasteiger charge is 2.55. The fourth-order valence-electron chi connectivity index (χ4n) is 5.04. The van der Waals surface area contributed by atoms with Gasteiger partial charge in [0.05, 0.1) is 24.7 Å². The van der Waals surface area contributed by atoms with Crippen molar-refractivity contribution in [1.82, 2.24) is 0 Å². The summed E-state index contributed by atoms with van der Waals surface area (Å²) in [6.45, 7) is -0.966. The first-order chi connectivity index (χ1) is 15.2. The lowest BCUT2D eigenvalue weighted by molar-refractivity contribution is -0.167. The molecule has 2 aromatic rings. The van der Waals surface area contributed by atoms with Crippen LogP contribution in [0.3, 0.4) is 0 Å². The first kappa shape index (κ1) is 21.9. The maximum absolute atomic E-state index is 12.9. The van der Waals surface area contributed by atoms with Crippen molar-refractivity contribution in [2.45, 2.75) is 31.3 Å². The number of furan rings is 1. The zero-order valence-electron chi connectivity index (χ0n) is 17.1. The van der Waals surface area contributed by atoms with Crippen molar-refractivity contribution in [2.75, 3.05) is 6.61 Å². The first-order valence-electron chi connectivity index (χ1n) is 10.3. The molecule has 1 unspecified atom stereocenters. The molecule has 5 N–H and O–H groups in total. The molecule has 168 valence electrons. The molecule has 4 rings (SSSR count). The normalized spacial score (nSPS) is 27.9. The Hall–Kier alpha value is -3.30. The van der Waals surface area contributed by atoms with Gasteiger partial charge in [0.15, 0.2) is 23.3 Å². The monoisotopic (exact) mass is 441 g/mol. The molecule has 1 saturated carbocycles. The van der Waals surface area contributed by atoms with E-state index in [9.17, 15) is 34.5 Å². The van der Waals surface area contributed by atoms with Crippen molar-refractivity contribution in [1.29, 1.82) is 0 Å². The van der Waals surface area contributed by atoms with E-state index in [0.717, 1.165) is 5.56 Å². The Morgan fingerprint density at radius 3 is 2.53 bits per heavy atom. The second-order valence-electron chi connectivity index (χ2n) is 8.58. The number of aliphatic hydroxyl groups is 2. The van der Waals surface area contributed by atoms with Crippen LogP contribution in [0, 0.1) is 17.8 Å². The average molecular weight is 441 g/mol. The number of phenols is 1. The van der Waals surface area contributed by atoms with Crippen molar-refractivity contribution in [3.05, 3.63) is 41.9 Å². The number of rotatable bonds is 5. The van der Waals surface area contributed by atoms with E-state index in [1.807, 2.05) is 0 Å². The number of carbonyl (C=O) groups excluding carboxylic acids is 4. The fraction of sp³-hybridized carbons (Fsp3) is 0.391. The van der Waals surface area contributed by atoms with Crippen LogP contribution in [0.5, 0.6) is 5.75 Å². The number of benzene rings is 1. The molecular weight excluding hydrogens is 418 g/mol. The number of hydrogen-bond donors (Lipinski definition) is 4. The van der Waals surface area contributed by atoms with Gasteiger partial charge in [-0.15, -0.1) is 0 Å². The van der Waals surface area contributed by atoms with Crippen LogP contribution in [0.4, 0.5) is 0 Å². The standard InChI is InChI=1S/C23H23NO8/c24-22(30)20-18(28)8-13(23(31,10-25)21(20)29)5-11-6-15-14(12-3-4-32-9-12)1-2-16(26)19(15)17(27)7-11/h1-4,9,11,13,20,25-26,31H,5-8,10H2,(H2,24,30)/t11-,13+,20?,23-/m1/s1. The summed E-state index contributed by atoms with van der Waals surface area (Å²) in [4.78, 5) is 49.5. The van der Waals surface area contributed by atoms with Crippen LogP contribution >= 0.6 is 0 Å². The molecule has 1 aromatic carbocycles. The molecule has 1 fully saturated rings. The predicted octanol–water partition coefficient (Wildman–Crippen LogP) is 0.770. The molecule has 9 nitrogen and oxygen atoms in total. The summed E-state index contributed by atoms with van der Waals surface area (Å²) >= 11 is 0. The topological polar surface area (TPSA) is 168 Å². The zero-order valence-corrected chi connectivity index (χ0v) is 17.1. The highest BCUT2D eigenvalue weighted by molar-refractivity contribution is 6.22. The summed E-state index contributed by atoms with van der Waals surface area (Å²) in [6, 6.07) is 4.86. The van der Waals surface area contributed by atoms with E-state index in [2.05, 4.69) is 0 Å². The second kappa shape index (κ2) is 7.99. The summed E-state index contributed by atoms with van der Waals surface area (Å²) in [6.07, 6.45) is 3.17. The maximum Gasteiger partial charge on any atom is 0.235 e. The molecule has 1 aromatic heterocycles. The van der Waals surface area contributed by atoms with Gasteiger partial charge in [-0.05, 0) is 42.0 Å². The Kier molecular flexibility index (Phi) is 5.47. The fourth-order valence-corrected chi connectivity index (χ4v) is 5.04. The Morgan fingerprint density at radius 1 is 1.16 bits per heavy atom. The first-order valence-corrected chi connectivity index (χ1v) is 10.3. The van der Waals surface area contributed by atoms with Crippen LogP contribution in [-0.2, 0) is 20.8 Å². The van der Waals surface area contributed by atoms with E-state index < -0.39 is 41.5 Å².